The highest BCUT2D eigenvalue weighted by molar-refractivity contribution is 6.51. The number of ketones is 1. The maximum Gasteiger partial charge on any atom is 0.301 e. The lowest BCUT2D eigenvalue weighted by molar-refractivity contribution is -0.132. The zero-order valence-corrected chi connectivity index (χ0v) is 15.6. The second kappa shape index (κ2) is 6.98. The van der Waals surface area contributed by atoms with Gasteiger partial charge in [0.15, 0.2) is 5.82 Å². The van der Waals surface area contributed by atoms with Crippen molar-refractivity contribution in [2.75, 3.05) is 4.90 Å². The number of Topliss-reactive ketones (excluding diaryl/α,β-unsaturated/α-hetero) is 1. The number of halogens is 1. The van der Waals surface area contributed by atoms with E-state index >= 15 is 0 Å². The second-order valence-electron chi connectivity index (χ2n) is 6.38. The van der Waals surface area contributed by atoms with Crippen LogP contribution in [0.3, 0.4) is 0 Å². The fourth-order valence-electron chi connectivity index (χ4n) is 3.25. The average molecular weight is 395 g/mol. The van der Waals surface area contributed by atoms with Gasteiger partial charge < -0.3 is 9.63 Å². The van der Waals surface area contributed by atoms with Gasteiger partial charge in [-0.25, -0.2) is 0 Å². The average Bonchev–Trinajstić information content (AvgIpc) is 3.24. The molecule has 2 heterocycles. The lowest BCUT2D eigenvalue weighted by atomic mass is 9.95. The van der Waals surface area contributed by atoms with Crippen LogP contribution in [0.25, 0.3) is 5.76 Å². The van der Waals surface area contributed by atoms with Crippen LogP contribution >= 0.6 is 11.6 Å². The Kier molecular flexibility index (Phi) is 4.49. The lowest BCUT2D eigenvalue weighted by Crippen LogP contribution is -2.29. The van der Waals surface area contributed by atoms with Crippen molar-refractivity contribution in [3.8, 4) is 0 Å². The summed E-state index contributed by atoms with van der Waals surface area (Å²) in [5, 5.41) is 15.3. The fourth-order valence-corrected chi connectivity index (χ4v) is 3.38. The zero-order chi connectivity index (χ0) is 19.8. The third-order valence-electron chi connectivity index (χ3n) is 4.54. The van der Waals surface area contributed by atoms with E-state index in [0.29, 0.717) is 21.9 Å². The van der Waals surface area contributed by atoms with Crippen LogP contribution in [0.2, 0.25) is 5.02 Å². The summed E-state index contributed by atoms with van der Waals surface area (Å²) in [4.78, 5) is 26.9. The fraction of sp³-hybridized carbons (Fsp3) is 0.0952. The summed E-state index contributed by atoms with van der Waals surface area (Å²) >= 11 is 5.91. The molecule has 1 saturated heterocycles. The van der Waals surface area contributed by atoms with Crippen molar-refractivity contribution in [2.45, 2.75) is 13.0 Å². The highest BCUT2D eigenvalue weighted by atomic mass is 35.5. The van der Waals surface area contributed by atoms with Gasteiger partial charge in [-0.1, -0.05) is 47.1 Å². The monoisotopic (exact) mass is 394 g/mol. The second-order valence-corrected chi connectivity index (χ2v) is 6.82. The Morgan fingerprint density at radius 3 is 2.39 bits per heavy atom. The van der Waals surface area contributed by atoms with E-state index in [9.17, 15) is 14.7 Å². The predicted molar refractivity (Wildman–Crippen MR) is 104 cm³/mol. The van der Waals surface area contributed by atoms with E-state index in [4.69, 9.17) is 16.1 Å². The Morgan fingerprint density at radius 2 is 1.79 bits per heavy atom. The third kappa shape index (κ3) is 2.97. The van der Waals surface area contributed by atoms with Gasteiger partial charge in [-0.3, -0.25) is 14.5 Å². The number of nitrogens with zero attached hydrogens (tertiary/aromatic N) is 2. The number of rotatable bonds is 3. The van der Waals surface area contributed by atoms with Crippen LogP contribution in [-0.2, 0) is 9.59 Å². The number of hydrogen-bond acceptors (Lipinski definition) is 5. The Bertz CT molecular complexity index is 1090. The van der Waals surface area contributed by atoms with E-state index in [-0.39, 0.29) is 17.2 Å². The predicted octanol–water partition coefficient (Wildman–Crippen LogP) is 4.26. The first-order chi connectivity index (χ1) is 13.5. The molecule has 1 atom stereocenters. The summed E-state index contributed by atoms with van der Waals surface area (Å²) < 4.78 is 5.09. The maximum atomic E-state index is 12.9. The lowest BCUT2D eigenvalue weighted by Gasteiger charge is -2.22. The molecule has 2 aromatic carbocycles. The molecule has 1 aliphatic heterocycles. The summed E-state index contributed by atoms with van der Waals surface area (Å²) in [7, 11) is 0. The number of aliphatic hydroxyl groups is 1. The molecule has 0 radical (unpaired) electrons. The Hall–Kier alpha value is -3.38. The van der Waals surface area contributed by atoms with Crippen LogP contribution in [0.4, 0.5) is 5.82 Å². The number of anilines is 1. The molecular formula is C21H15ClN2O4. The summed E-state index contributed by atoms with van der Waals surface area (Å²) in [6.45, 7) is 1.69. The molecule has 1 aromatic heterocycles. The highest BCUT2D eigenvalue weighted by Crippen LogP contribution is 2.41. The van der Waals surface area contributed by atoms with Gasteiger partial charge in [0, 0.05) is 16.7 Å². The molecule has 1 amide bonds. The van der Waals surface area contributed by atoms with E-state index in [1.54, 1.807) is 61.5 Å². The SMILES string of the molecule is Cc1cc(N2C(=O)C(=O)C(=C(O)c3ccc(Cl)cc3)[C@@H]2c2ccccc2)no1. The standard InChI is InChI=1S/C21H15ClN2O4/c1-12-11-16(23-28-12)24-18(13-5-3-2-4-6-13)17(20(26)21(24)27)19(25)14-7-9-15(22)10-8-14/h2-11,18,25H,1H3/t18-/m0/s1. The van der Waals surface area contributed by atoms with Crippen LogP contribution < -0.4 is 4.90 Å². The molecule has 0 saturated carbocycles. The minimum absolute atomic E-state index is 0.0147. The molecule has 0 spiro atoms. The summed E-state index contributed by atoms with van der Waals surface area (Å²) in [6, 6.07) is 16.1. The van der Waals surface area contributed by atoms with Crippen molar-refractivity contribution in [3.05, 3.63) is 88.1 Å². The van der Waals surface area contributed by atoms with E-state index in [1.165, 1.54) is 4.90 Å². The van der Waals surface area contributed by atoms with Gasteiger partial charge in [-0.2, -0.15) is 0 Å². The van der Waals surface area contributed by atoms with E-state index in [2.05, 4.69) is 5.16 Å². The largest absolute Gasteiger partial charge is 0.507 e. The molecule has 28 heavy (non-hydrogen) atoms. The molecule has 4 rings (SSSR count). The van der Waals surface area contributed by atoms with Crippen LogP contribution in [-0.4, -0.2) is 22.0 Å². The summed E-state index contributed by atoms with van der Waals surface area (Å²) in [6.07, 6.45) is 0. The molecule has 0 unspecified atom stereocenters. The molecule has 7 heteroatoms. The molecule has 140 valence electrons. The van der Waals surface area contributed by atoms with Crippen molar-refractivity contribution < 1.29 is 19.2 Å². The van der Waals surface area contributed by atoms with Gasteiger partial charge in [0.25, 0.3) is 5.78 Å². The van der Waals surface area contributed by atoms with Crippen molar-refractivity contribution >= 4 is 34.9 Å². The first-order valence-corrected chi connectivity index (χ1v) is 8.90. The van der Waals surface area contributed by atoms with Gasteiger partial charge in [0.1, 0.15) is 11.5 Å². The van der Waals surface area contributed by atoms with Crippen molar-refractivity contribution in [1.29, 1.82) is 0 Å². The zero-order valence-electron chi connectivity index (χ0n) is 14.8. The quantitative estimate of drug-likeness (QED) is 0.407. The molecule has 1 N–H and O–H groups in total. The number of aromatic nitrogens is 1. The van der Waals surface area contributed by atoms with Gasteiger partial charge in [-0.05, 0) is 36.8 Å². The normalized spacial score (nSPS) is 18.6. The number of carbonyl (C=O) groups excluding carboxylic acids is 2. The smallest absolute Gasteiger partial charge is 0.301 e. The van der Waals surface area contributed by atoms with Crippen molar-refractivity contribution in [1.82, 2.24) is 5.16 Å². The van der Waals surface area contributed by atoms with Crippen molar-refractivity contribution in [2.24, 2.45) is 0 Å². The number of aryl methyl sites for hydroxylation is 1. The molecule has 6 nitrogen and oxygen atoms in total. The van der Waals surface area contributed by atoms with E-state index < -0.39 is 17.7 Å². The molecule has 0 aliphatic carbocycles. The minimum Gasteiger partial charge on any atom is -0.507 e. The van der Waals surface area contributed by atoms with Gasteiger partial charge in [0.05, 0.1) is 11.6 Å². The first kappa shape index (κ1) is 18.0. The molecule has 1 fully saturated rings. The minimum atomic E-state index is -0.832. The highest BCUT2D eigenvalue weighted by Gasteiger charge is 2.48. The van der Waals surface area contributed by atoms with Crippen LogP contribution in [0, 0.1) is 6.92 Å². The van der Waals surface area contributed by atoms with Crippen molar-refractivity contribution in [3.63, 3.8) is 0 Å². The Labute approximate surface area is 165 Å². The van der Waals surface area contributed by atoms with Gasteiger partial charge in [0.2, 0.25) is 0 Å². The third-order valence-corrected chi connectivity index (χ3v) is 4.79. The van der Waals surface area contributed by atoms with E-state index in [0.717, 1.165) is 0 Å². The number of benzene rings is 2. The molecule has 0 bridgehead atoms. The maximum absolute atomic E-state index is 12.9. The number of hydrogen-bond donors (Lipinski definition) is 1. The van der Waals surface area contributed by atoms with Gasteiger partial charge in [-0.15, -0.1) is 0 Å². The first-order valence-electron chi connectivity index (χ1n) is 8.52. The van der Waals surface area contributed by atoms with E-state index in [1.807, 2.05) is 6.07 Å². The summed E-state index contributed by atoms with van der Waals surface area (Å²) in [5.74, 6) is -1.13. The molecular weight excluding hydrogens is 380 g/mol. The number of carbonyl (C=O) groups is 2. The van der Waals surface area contributed by atoms with Crippen LogP contribution in [0.5, 0.6) is 0 Å². The molecule has 1 aliphatic rings. The summed E-state index contributed by atoms with van der Waals surface area (Å²) in [5.41, 5.74) is 1.04. The topological polar surface area (TPSA) is 83.6 Å². The van der Waals surface area contributed by atoms with Crippen LogP contribution in [0.1, 0.15) is 22.9 Å². The Balaban J connectivity index is 1.93. The Morgan fingerprint density at radius 1 is 1.11 bits per heavy atom. The van der Waals surface area contributed by atoms with Crippen LogP contribution in [0.15, 0.2) is 70.8 Å². The molecule has 3 aromatic rings. The number of amides is 1. The number of aliphatic hydroxyl groups excluding tert-OH is 1. The van der Waals surface area contributed by atoms with Gasteiger partial charge >= 0.3 is 5.91 Å².